The molecule has 0 fully saturated rings. The maximum atomic E-state index is 12.6. The van der Waals surface area contributed by atoms with Crippen molar-refractivity contribution < 1.29 is 8.42 Å². The predicted octanol–water partition coefficient (Wildman–Crippen LogP) is 4.54. The van der Waals surface area contributed by atoms with E-state index in [-0.39, 0.29) is 4.90 Å². The van der Waals surface area contributed by atoms with Crippen LogP contribution in [0.2, 0.25) is 5.02 Å². The molecular weight excluding hydrogens is 380 g/mol. The third kappa shape index (κ3) is 4.56. The molecule has 6 heteroatoms. The molecule has 0 amide bonds. The van der Waals surface area contributed by atoms with Gasteiger partial charge in [0.2, 0.25) is 10.0 Å². The van der Waals surface area contributed by atoms with Crippen molar-refractivity contribution in [2.24, 2.45) is 0 Å². The number of hydrogen-bond acceptors (Lipinski definition) is 3. The Morgan fingerprint density at radius 1 is 1.07 bits per heavy atom. The van der Waals surface area contributed by atoms with Crippen molar-refractivity contribution in [3.63, 3.8) is 0 Å². The summed E-state index contributed by atoms with van der Waals surface area (Å²) >= 11 is 6.04. The lowest BCUT2D eigenvalue weighted by Crippen LogP contribution is -2.26. The minimum Gasteiger partial charge on any atom is -0.264 e. The number of benzene rings is 2. The number of aryl methyl sites for hydroxylation is 1. The molecule has 140 valence electrons. The topological polar surface area (TPSA) is 59.1 Å². The summed E-state index contributed by atoms with van der Waals surface area (Å²) in [6, 6.07) is 15.0. The molecule has 0 spiro atoms. The molecule has 1 aromatic heterocycles. The molecule has 0 aliphatic rings. The first-order chi connectivity index (χ1) is 12.9. The highest BCUT2D eigenvalue weighted by molar-refractivity contribution is 7.89. The zero-order valence-corrected chi connectivity index (χ0v) is 16.8. The molecule has 3 aromatic rings. The monoisotopic (exact) mass is 400 g/mol. The molecule has 0 radical (unpaired) electrons. The summed E-state index contributed by atoms with van der Waals surface area (Å²) in [5.41, 5.74) is 4.95. The molecule has 27 heavy (non-hydrogen) atoms. The maximum Gasteiger partial charge on any atom is 0.240 e. The van der Waals surface area contributed by atoms with Crippen molar-refractivity contribution in [2.45, 2.75) is 25.2 Å². The first-order valence-corrected chi connectivity index (χ1v) is 10.5. The van der Waals surface area contributed by atoms with Gasteiger partial charge in [-0.1, -0.05) is 41.9 Å². The smallest absolute Gasteiger partial charge is 0.240 e. The van der Waals surface area contributed by atoms with Crippen molar-refractivity contribution >= 4 is 21.6 Å². The Balaban J connectivity index is 1.72. The molecule has 2 aromatic carbocycles. The van der Waals surface area contributed by atoms with Crippen LogP contribution in [0.15, 0.2) is 65.8 Å². The van der Waals surface area contributed by atoms with Gasteiger partial charge in [-0.15, -0.1) is 0 Å². The van der Waals surface area contributed by atoms with Gasteiger partial charge in [0.1, 0.15) is 0 Å². The van der Waals surface area contributed by atoms with Crippen molar-refractivity contribution in [3.05, 3.63) is 82.6 Å². The lowest BCUT2D eigenvalue weighted by Gasteiger charge is -2.11. The standard InChI is InChI=1S/C21H21ClN2O2S/c1-15-14-23-11-10-19(15)18-6-3-5-17(13-18)9-12-24-27(25,26)21-8-4-7-20(22)16(21)2/h3-8,10-11,13-14,24H,9,12H2,1-2H3. The first-order valence-electron chi connectivity index (χ1n) is 8.63. The second kappa shape index (κ2) is 8.21. The van der Waals surface area contributed by atoms with Crippen LogP contribution in [-0.4, -0.2) is 19.9 Å². The summed E-state index contributed by atoms with van der Waals surface area (Å²) in [4.78, 5) is 4.34. The van der Waals surface area contributed by atoms with Gasteiger partial charge in [-0.2, -0.15) is 0 Å². The Morgan fingerprint density at radius 3 is 2.63 bits per heavy atom. The lowest BCUT2D eigenvalue weighted by molar-refractivity contribution is 0.581. The molecule has 4 nitrogen and oxygen atoms in total. The van der Waals surface area contributed by atoms with E-state index < -0.39 is 10.0 Å². The number of sulfonamides is 1. The highest BCUT2D eigenvalue weighted by Crippen LogP contribution is 2.24. The number of hydrogen-bond donors (Lipinski definition) is 1. The van der Waals surface area contributed by atoms with Crippen LogP contribution in [0.25, 0.3) is 11.1 Å². The Hall–Kier alpha value is -2.21. The van der Waals surface area contributed by atoms with Crippen molar-refractivity contribution in [2.75, 3.05) is 6.54 Å². The van der Waals surface area contributed by atoms with E-state index in [1.165, 1.54) is 0 Å². The molecule has 1 heterocycles. The second-order valence-electron chi connectivity index (χ2n) is 6.40. The average Bonchev–Trinajstić information content (AvgIpc) is 2.64. The van der Waals surface area contributed by atoms with Gasteiger partial charge in [0.25, 0.3) is 0 Å². The van der Waals surface area contributed by atoms with Crippen LogP contribution in [0.5, 0.6) is 0 Å². The fourth-order valence-electron chi connectivity index (χ4n) is 2.98. The van der Waals surface area contributed by atoms with E-state index in [4.69, 9.17) is 11.6 Å². The largest absolute Gasteiger partial charge is 0.264 e. The fraction of sp³-hybridized carbons (Fsp3) is 0.190. The van der Waals surface area contributed by atoms with E-state index in [0.717, 1.165) is 22.3 Å². The van der Waals surface area contributed by atoms with E-state index in [9.17, 15) is 8.42 Å². The maximum absolute atomic E-state index is 12.6. The molecule has 0 aliphatic carbocycles. The summed E-state index contributed by atoms with van der Waals surface area (Å²) in [5.74, 6) is 0. The van der Waals surface area contributed by atoms with Crippen LogP contribution in [0.4, 0.5) is 0 Å². The third-order valence-corrected chi connectivity index (χ3v) is 6.49. The molecule has 0 aliphatic heterocycles. The fourth-order valence-corrected chi connectivity index (χ4v) is 4.51. The number of halogens is 1. The van der Waals surface area contributed by atoms with E-state index >= 15 is 0 Å². The van der Waals surface area contributed by atoms with Crippen LogP contribution >= 0.6 is 11.6 Å². The van der Waals surface area contributed by atoms with Crippen LogP contribution in [0.1, 0.15) is 16.7 Å². The van der Waals surface area contributed by atoms with Crippen molar-refractivity contribution in [3.8, 4) is 11.1 Å². The number of nitrogens with one attached hydrogen (secondary N) is 1. The summed E-state index contributed by atoms with van der Waals surface area (Å²) < 4.78 is 27.8. The van der Waals surface area contributed by atoms with Gasteiger partial charge < -0.3 is 0 Å². The van der Waals surface area contributed by atoms with Gasteiger partial charge in [0.05, 0.1) is 4.90 Å². The van der Waals surface area contributed by atoms with Crippen LogP contribution in [-0.2, 0) is 16.4 Å². The van der Waals surface area contributed by atoms with E-state index in [0.29, 0.717) is 23.6 Å². The molecule has 0 saturated carbocycles. The van der Waals surface area contributed by atoms with Crippen LogP contribution in [0, 0.1) is 13.8 Å². The van der Waals surface area contributed by atoms with Gasteiger partial charge in [-0.05, 0) is 66.3 Å². The van der Waals surface area contributed by atoms with Gasteiger partial charge in [-0.3, -0.25) is 4.98 Å². The zero-order chi connectivity index (χ0) is 19.4. The molecule has 0 saturated heterocycles. The SMILES string of the molecule is Cc1cnccc1-c1cccc(CCNS(=O)(=O)c2cccc(Cl)c2C)c1. The molecular formula is C21H21ClN2O2S. The summed E-state index contributed by atoms with van der Waals surface area (Å²) in [6.07, 6.45) is 4.21. The Morgan fingerprint density at radius 2 is 1.85 bits per heavy atom. The molecule has 0 atom stereocenters. The Bertz CT molecular complexity index is 1070. The average molecular weight is 401 g/mol. The summed E-state index contributed by atoms with van der Waals surface area (Å²) in [6.45, 7) is 4.04. The number of rotatable bonds is 6. The van der Waals surface area contributed by atoms with Crippen LogP contribution < -0.4 is 4.72 Å². The Labute approximate surface area is 165 Å². The van der Waals surface area contributed by atoms with E-state index in [1.54, 1.807) is 31.3 Å². The molecule has 1 N–H and O–H groups in total. The van der Waals surface area contributed by atoms with Crippen molar-refractivity contribution in [1.29, 1.82) is 0 Å². The van der Waals surface area contributed by atoms with Crippen LogP contribution in [0.3, 0.4) is 0 Å². The quantitative estimate of drug-likeness (QED) is 0.660. The minimum absolute atomic E-state index is 0.219. The molecule has 0 unspecified atom stereocenters. The van der Waals surface area contributed by atoms with Gasteiger partial charge in [-0.25, -0.2) is 13.1 Å². The number of pyridine rings is 1. The lowest BCUT2D eigenvalue weighted by atomic mass is 10.00. The van der Waals surface area contributed by atoms with Gasteiger partial charge in [0, 0.05) is 24.0 Å². The Kier molecular flexibility index (Phi) is 5.95. The summed E-state index contributed by atoms with van der Waals surface area (Å²) in [5, 5.41) is 0.443. The van der Waals surface area contributed by atoms with E-state index in [2.05, 4.69) is 15.8 Å². The summed E-state index contributed by atoms with van der Waals surface area (Å²) in [7, 11) is -3.60. The second-order valence-corrected chi connectivity index (χ2v) is 8.54. The first kappa shape index (κ1) is 19.5. The predicted molar refractivity (Wildman–Crippen MR) is 109 cm³/mol. The van der Waals surface area contributed by atoms with Gasteiger partial charge >= 0.3 is 0 Å². The number of aromatic nitrogens is 1. The highest BCUT2D eigenvalue weighted by Gasteiger charge is 2.17. The minimum atomic E-state index is -3.60. The number of nitrogens with zero attached hydrogens (tertiary/aromatic N) is 1. The van der Waals surface area contributed by atoms with E-state index in [1.807, 2.05) is 37.4 Å². The van der Waals surface area contributed by atoms with Crippen molar-refractivity contribution in [1.82, 2.24) is 9.71 Å². The highest BCUT2D eigenvalue weighted by atomic mass is 35.5. The normalized spacial score (nSPS) is 11.5. The third-order valence-electron chi connectivity index (χ3n) is 4.47. The van der Waals surface area contributed by atoms with Gasteiger partial charge in [0.15, 0.2) is 0 Å². The zero-order valence-electron chi connectivity index (χ0n) is 15.2. The molecule has 0 bridgehead atoms. The molecule has 3 rings (SSSR count).